The number of carbonyl (C=O) groups excluding carboxylic acids is 2. The number of rotatable bonds is 6. The van der Waals surface area contributed by atoms with Crippen LogP contribution in [0.4, 0.5) is 8.78 Å². The Hall–Kier alpha value is -3.28. The minimum absolute atomic E-state index is 0.00574. The van der Waals surface area contributed by atoms with E-state index in [1.54, 1.807) is 6.92 Å². The molecule has 0 heterocycles. The predicted octanol–water partition coefficient (Wildman–Crippen LogP) is 4.38. The zero-order chi connectivity index (χ0) is 19.3. The van der Waals surface area contributed by atoms with Crippen LogP contribution < -0.4 is 9.47 Å². The van der Waals surface area contributed by atoms with Crippen molar-refractivity contribution in [2.45, 2.75) is 13.3 Å². The maximum atomic E-state index is 14.6. The molecular formula is C20H16F2O4. The summed E-state index contributed by atoms with van der Waals surface area (Å²) in [5, 5.41) is 0. The third kappa shape index (κ3) is 4.03. The lowest BCUT2D eigenvalue weighted by molar-refractivity contribution is -0.130. The van der Waals surface area contributed by atoms with Gasteiger partial charge in [0.15, 0.2) is 11.6 Å². The Morgan fingerprint density at radius 1 is 1.00 bits per heavy atom. The second-order valence-corrected chi connectivity index (χ2v) is 5.15. The molecule has 0 aliphatic rings. The van der Waals surface area contributed by atoms with Crippen molar-refractivity contribution in [3.63, 3.8) is 0 Å². The molecule has 0 spiro atoms. The number of benzene rings is 2. The van der Waals surface area contributed by atoms with E-state index in [2.05, 4.69) is 13.2 Å². The molecule has 0 saturated heterocycles. The maximum absolute atomic E-state index is 14.6. The first-order valence-corrected chi connectivity index (χ1v) is 7.71. The molecule has 2 aromatic carbocycles. The van der Waals surface area contributed by atoms with Gasteiger partial charge in [-0.15, -0.1) is 0 Å². The lowest BCUT2D eigenvalue weighted by Crippen LogP contribution is -2.07. The maximum Gasteiger partial charge on any atom is 0.335 e. The van der Waals surface area contributed by atoms with Gasteiger partial charge in [0.1, 0.15) is 11.6 Å². The molecule has 134 valence electrons. The van der Waals surface area contributed by atoms with Gasteiger partial charge in [0.05, 0.1) is 0 Å². The van der Waals surface area contributed by atoms with E-state index in [4.69, 9.17) is 9.47 Å². The smallest absolute Gasteiger partial charge is 0.335 e. The van der Waals surface area contributed by atoms with Crippen LogP contribution >= 0.6 is 0 Å². The fourth-order valence-corrected chi connectivity index (χ4v) is 2.36. The molecule has 2 aromatic rings. The highest BCUT2D eigenvalue weighted by Crippen LogP contribution is 2.34. The first-order valence-electron chi connectivity index (χ1n) is 7.71. The van der Waals surface area contributed by atoms with Crippen LogP contribution in [0.5, 0.6) is 11.5 Å². The van der Waals surface area contributed by atoms with Crippen molar-refractivity contribution in [1.82, 2.24) is 0 Å². The summed E-state index contributed by atoms with van der Waals surface area (Å²) >= 11 is 0. The molecule has 0 unspecified atom stereocenters. The minimum Gasteiger partial charge on any atom is -0.423 e. The average Bonchev–Trinajstić information content (AvgIpc) is 2.63. The van der Waals surface area contributed by atoms with Gasteiger partial charge in [-0.25, -0.2) is 18.4 Å². The predicted molar refractivity (Wildman–Crippen MR) is 92.8 cm³/mol. The topological polar surface area (TPSA) is 52.6 Å². The highest BCUT2D eigenvalue weighted by atomic mass is 19.1. The Morgan fingerprint density at radius 2 is 1.62 bits per heavy atom. The number of halogens is 2. The van der Waals surface area contributed by atoms with E-state index in [1.165, 1.54) is 24.3 Å². The summed E-state index contributed by atoms with van der Waals surface area (Å²) in [4.78, 5) is 22.5. The van der Waals surface area contributed by atoms with Crippen LogP contribution in [0.15, 0.2) is 55.6 Å². The van der Waals surface area contributed by atoms with Crippen molar-refractivity contribution in [1.29, 1.82) is 0 Å². The number of carbonyl (C=O) groups is 2. The first kappa shape index (κ1) is 19.1. The van der Waals surface area contributed by atoms with Gasteiger partial charge < -0.3 is 9.47 Å². The molecule has 0 atom stereocenters. The summed E-state index contributed by atoms with van der Waals surface area (Å²) in [5.41, 5.74) is 0.623. The Balaban J connectivity index is 2.46. The zero-order valence-corrected chi connectivity index (χ0v) is 14.1. The molecule has 0 aliphatic carbocycles. The average molecular weight is 358 g/mol. The van der Waals surface area contributed by atoms with Crippen molar-refractivity contribution >= 4 is 11.9 Å². The summed E-state index contributed by atoms with van der Waals surface area (Å²) in [7, 11) is 0. The van der Waals surface area contributed by atoms with E-state index in [-0.39, 0.29) is 29.0 Å². The number of hydrogen-bond acceptors (Lipinski definition) is 4. The molecule has 6 heteroatoms. The van der Waals surface area contributed by atoms with Crippen LogP contribution in [0.3, 0.4) is 0 Å². The Morgan fingerprint density at radius 3 is 2.19 bits per heavy atom. The summed E-state index contributed by atoms with van der Waals surface area (Å²) in [6, 6.07) is 6.50. The summed E-state index contributed by atoms with van der Waals surface area (Å²) in [6.45, 7) is 8.21. The Bertz CT molecular complexity index is 888. The number of ether oxygens (including phenoxy) is 2. The van der Waals surface area contributed by atoms with Gasteiger partial charge in [-0.05, 0) is 35.7 Å². The fourth-order valence-electron chi connectivity index (χ4n) is 2.36. The number of hydrogen-bond donors (Lipinski definition) is 0. The first-order chi connectivity index (χ1) is 12.4. The van der Waals surface area contributed by atoms with Crippen molar-refractivity contribution in [3.8, 4) is 22.6 Å². The van der Waals surface area contributed by atoms with Gasteiger partial charge in [0, 0.05) is 23.8 Å². The Labute approximate surface area is 149 Å². The molecule has 0 N–H and O–H groups in total. The molecule has 2 rings (SSSR count). The molecule has 0 amide bonds. The van der Waals surface area contributed by atoms with Gasteiger partial charge in [-0.1, -0.05) is 26.1 Å². The van der Waals surface area contributed by atoms with Crippen LogP contribution in [-0.4, -0.2) is 11.9 Å². The third-order valence-corrected chi connectivity index (χ3v) is 3.55. The minimum atomic E-state index is -0.793. The van der Waals surface area contributed by atoms with Crippen molar-refractivity contribution in [2.75, 3.05) is 0 Å². The Kier molecular flexibility index (Phi) is 6.01. The van der Waals surface area contributed by atoms with Crippen LogP contribution in [0.1, 0.15) is 12.5 Å². The number of esters is 2. The molecule has 0 aliphatic heterocycles. The summed E-state index contributed by atoms with van der Waals surface area (Å²) < 4.78 is 38.8. The van der Waals surface area contributed by atoms with Gasteiger partial charge in [-0.2, -0.15) is 0 Å². The van der Waals surface area contributed by atoms with Crippen LogP contribution in [0.25, 0.3) is 11.1 Å². The van der Waals surface area contributed by atoms with Crippen LogP contribution in [-0.2, 0) is 16.0 Å². The van der Waals surface area contributed by atoms with E-state index in [0.717, 1.165) is 18.2 Å². The molecule has 0 fully saturated rings. The van der Waals surface area contributed by atoms with Gasteiger partial charge in [-0.3, -0.25) is 0 Å². The quantitative estimate of drug-likeness (QED) is 0.437. The largest absolute Gasteiger partial charge is 0.423 e. The summed E-state index contributed by atoms with van der Waals surface area (Å²) in [5.74, 6) is -3.20. The third-order valence-electron chi connectivity index (χ3n) is 3.55. The van der Waals surface area contributed by atoms with E-state index >= 15 is 0 Å². The summed E-state index contributed by atoms with van der Waals surface area (Å²) in [6.07, 6.45) is 2.12. The molecule has 0 radical (unpaired) electrons. The molecule has 0 aromatic heterocycles. The highest BCUT2D eigenvalue weighted by molar-refractivity contribution is 5.84. The van der Waals surface area contributed by atoms with Crippen LogP contribution in [0.2, 0.25) is 0 Å². The van der Waals surface area contributed by atoms with Gasteiger partial charge in [0.25, 0.3) is 0 Å². The fraction of sp³-hybridized carbons (Fsp3) is 0.100. The molecular weight excluding hydrogens is 342 g/mol. The molecule has 4 nitrogen and oxygen atoms in total. The molecule has 0 bridgehead atoms. The normalized spacial score (nSPS) is 10.1. The van der Waals surface area contributed by atoms with E-state index in [9.17, 15) is 18.4 Å². The highest BCUT2D eigenvalue weighted by Gasteiger charge is 2.18. The van der Waals surface area contributed by atoms with E-state index in [0.29, 0.717) is 5.56 Å². The van der Waals surface area contributed by atoms with Crippen molar-refractivity contribution < 1.29 is 27.8 Å². The van der Waals surface area contributed by atoms with E-state index < -0.39 is 23.6 Å². The zero-order valence-electron chi connectivity index (χ0n) is 14.1. The van der Waals surface area contributed by atoms with Gasteiger partial charge in [0.2, 0.25) is 0 Å². The standard InChI is InChI=1S/C20H16F2O4/c1-4-13-14(9-10-17(20(13)22)26-19(24)6-3)15-8-7-12(11-16(15)21)25-18(23)5-2/h5-11H,2-4H2,1H3. The van der Waals surface area contributed by atoms with Crippen LogP contribution in [0, 0.1) is 11.6 Å². The molecule has 0 saturated carbocycles. The lowest BCUT2D eigenvalue weighted by atomic mass is 9.96. The van der Waals surface area contributed by atoms with Gasteiger partial charge >= 0.3 is 11.9 Å². The van der Waals surface area contributed by atoms with E-state index in [1.807, 2.05) is 0 Å². The second-order valence-electron chi connectivity index (χ2n) is 5.15. The second kappa shape index (κ2) is 8.20. The lowest BCUT2D eigenvalue weighted by Gasteiger charge is -2.14. The monoisotopic (exact) mass is 358 g/mol. The van der Waals surface area contributed by atoms with Crippen molar-refractivity contribution in [3.05, 3.63) is 72.8 Å². The van der Waals surface area contributed by atoms with Crippen molar-refractivity contribution in [2.24, 2.45) is 0 Å². The molecule has 26 heavy (non-hydrogen) atoms. The SMILES string of the molecule is C=CC(=O)Oc1ccc(-c2ccc(OC(=O)C=C)c(F)c2CC)c(F)c1.